The van der Waals surface area contributed by atoms with Gasteiger partial charge in [0.1, 0.15) is 6.61 Å². The van der Waals surface area contributed by atoms with Gasteiger partial charge in [0.05, 0.1) is 0 Å². The van der Waals surface area contributed by atoms with E-state index in [1.54, 1.807) is 0 Å². The van der Waals surface area contributed by atoms with Crippen LogP contribution in [0.2, 0.25) is 0 Å². The minimum absolute atomic E-state index is 0.0877. The van der Waals surface area contributed by atoms with Crippen LogP contribution in [0.15, 0.2) is 30.3 Å². The van der Waals surface area contributed by atoms with Crippen LogP contribution in [0.1, 0.15) is 32.3 Å². The van der Waals surface area contributed by atoms with Crippen LogP contribution in [-0.2, 0) is 11.3 Å². The van der Waals surface area contributed by atoms with Gasteiger partial charge < -0.3 is 15.2 Å². The summed E-state index contributed by atoms with van der Waals surface area (Å²) in [6, 6.07) is 9.57. The van der Waals surface area contributed by atoms with Crippen molar-refractivity contribution in [2.24, 2.45) is 5.41 Å². The third-order valence-corrected chi connectivity index (χ3v) is 2.94. The fourth-order valence-corrected chi connectivity index (χ4v) is 1.61. The molecule has 1 aromatic rings. The van der Waals surface area contributed by atoms with Crippen molar-refractivity contribution in [1.82, 2.24) is 5.32 Å². The zero-order chi connectivity index (χ0) is 14.1. The van der Waals surface area contributed by atoms with E-state index < -0.39 is 6.09 Å². The van der Waals surface area contributed by atoms with E-state index >= 15 is 0 Å². The van der Waals surface area contributed by atoms with Crippen molar-refractivity contribution >= 4 is 6.09 Å². The SMILES string of the molecule is CC(C)(CO)CCCNC(=O)OCc1ccccc1. The first kappa shape index (κ1) is 15.5. The Balaban J connectivity index is 2.12. The molecule has 1 aromatic carbocycles. The lowest BCUT2D eigenvalue weighted by atomic mass is 9.89. The predicted molar refractivity (Wildman–Crippen MR) is 74.7 cm³/mol. The molecule has 4 nitrogen and oxygen atoms in total. The summed E-state index contributed by atoms with van der Waals surface area (Å²) in [4.78, 5) is 11.4. The van der Waals surface area contributed by atoms with E-state index in [9.17, 15) is 4.79 Å². The highest BCUT2D eigenvalue weighted by atomic mass is 16.5. The van der Waals surface area contributed by atoms with Gasteiger partial charge in [0.25, 0.3) is 0 Å². The van der Waals surface area contributed by atoms with Gasteiger partial charge in [-0.1, -0.05) is 44.2 Å². The van der Waals surface area contributed by atoms with Gasteiger partial charge >= 0.3 is 6.09 Å². The van der Waals surface area contributed by atoms with Crippen molar-refractivity contribution in [2.45, 2.75) is 33.3 Å². The summed E-state index contributed by atoms with van der Waals surface area (Å²) >= 11 is 0. The maximum atomic E-state index is 11.4. The number of hydrogen-bond donors (Lipinski definition) is 2. The molecule has 0 unspecified atom stereocenters. The summed E-state index contributed by atoms with van der Waals surface area (Å²) in [7, 11) is 0. The fourth-order valence-electron chi connectivity index (χ4n) is 1.61. The Bertz CT molecular complexity index is 376. The predicted octanol–water partition coefficient (Wildman–Crippen LogP) is 2.71. The van der Waals surface area contributed by atoms with Crippen molar-refractivity contribution in [3.8, 4) is 0 Å². The summed E-state index contributed by atoms with van der Waals surface area (Å²) in [6.45, 7) is 5.01. The lowest BCUT2D eigenvalue weighted by Gasteiger charge is -2.21. The second-order valence-electron chi connectivity index (χ2n) is 5.41. The number of carbonyl (C=O) groups is 1. The first-order valence-corrected chi connectivity index (χ1v) is 6.59. The molecule has 0 aliphatic heterocycles. The second kappa shape index (κ2) is 7.79. The molecule has 19 heavy (non-hydrogen) atoms. The highest BCUT2D eigenvalue weighted by molar-refractivity contribution is 5.67. The highest BCUT2D eigenvalue weighted by Gasteiger charge is 2.15. The molecule has 0 saturated carbocycles. The lowest BCUT2D eigenvalue weighted by Crippen LogP contribution is -2.27. The topological polar surface area (TPSA) is 58.6 Å². The Labute approximate surface area is 114 Å². The number of nitrogens with one attached hydrogen (secondary N) is 1. The third-order valence-electron chi connectivity index (χ3n) is 2.94. The smallest absolute Gasteiger partial charge is 0.407 e. The Morgan fingerprint density at radius 2 is 2.00 bits per heavy atom. The number of aliphatic hydroxyl groups excluding tert-OH is 1. The molecule has 1 rings (SSSR count). The second-order valence-corrected chi connectivity index (χ2v) is 5.41. The minimum atomic E-state index is -0.398. The van der Waals surface area contributed by atoms with Crippen LogP contribution in [0.4, 0.5) is 4.79 Å². The van der Waals surface area contributed by atoms with Gasteiger partial charge in [-0.25, -0.2) is 4.79 Å². The van der Waals surface area contributed by atoms with Crippen LogP contribution < -0.4 is 5.32 Å². The molecule has 0 aromatic heterocycles. The van der Waals surface area contributed by atoms with E-state index in [2.05, 4.69) is 5.32 Å². The van der Waals surface area contributed by atoms with E-state index in [1.165, 1.54) is 0 Å². The lowest BCUT2D eigenvalue weighted by molar-refractivity contribution is 0.135. The summed E-state index contributed by atoms with van der Waals surface area (Å²) < 4.78 is 5.09. The Morgan fingerprint density at radius 1 is 1.32 bits per heavy atom. The largest absolute Gasteiger partial charge is 0.445 e. The van der Waals surface area contributed by atoms with Gasteiger partial charge in [-0.2, -0.15) is 0 Å². The van der Waals surface area contributed by atoms with E-state index in [1.807, 2.05) is 44.2 Å². The average molecular weight is 265 g/mol. The van der Waals surface area contributed by atoms with E-state index in [4.69, 9.17) is 9.84 Å². The van der Waals surface area contributed by atoms with E-state index in [0.717, 1.165) is 18.4 Å². The molecular weight excluding hydrogens is 242 g/mol. The van der Waals surface area contributed by atoms with Crippen molar-refractivity contribution in [1.29, 1.82) is 0 Å². The van der Waals surface area contributed by atoms with Crippen LogP contribution in [0.25, 0.3) is 0 Å². The Hall–Kier alpha value is -1.55. The molecule has 0 saturated heterocycles. The zero-order valence-electron chi connectivity index (χ0n) is 11.7. The van der Waals surface area contributed by atoms with Crippen LogP contribution in [0, 0.1) is 5.41 Å². The molecule has 1 amide bonds. The summed E-state index contributed by atoms with van der Waals surface area (Å²) in [6.07, 6.45) is 1.29. The molecule has 0 aliphatic carbocycles. The maximum Gasteiger partial charge on any atom is 0.407 e. The van der Waals surface area contributed by atoms with Crippen LogP contribution in [0.5, 0.6) is 0 Å². The molecule has 0 heterocycles. The van der Waals surface area contributed by atoms with Gasteiger partial charge in [-0.3, -0.25) is 0 Å². The number of aliphatic hydroxyl groups is 1. The molecule has 2 N–H and O–H groups in total. The maximum absolute atomic E-state index is 11.4. The number of benzene rings is 1. The van der Waals surface area contributed by atoms with Gasteiger partial charge in [0.15, 0.2) is 0 Å². The summed E-state index contributed by atoms with van der Waals surface area (Å²) in [5.41, 5.74) is 0.884. The molecule has 4 heteroatoms. The summed E-state index contributed by atoms with van der Waals surface area (Å²) in [5, 5.41) is 11.8. The molecule has 0 aliphatic rings. The van der Waals surface area contributed by atoms with Crippen LogP contribution in [-0.4, -0.2) is 24.4 Å². The molecule has 106 valence electrons. The molecule has 0 spiro atoms. The highest BCUT2D eigenvalue weighted by Crippen LogP contribution is 2.20. The van der Waals surface area contributed by atoms with Crippen molar-refractivity contribution < 1.29 is 14.6 Å². The van der Waals surface area contributed by atoms with Crippen molar-refractivity contribution in [2.75, 3.05) is 13.2 Å². The van der Waals surface area contributed by atoms with Crippen molar-refractivity contribution in [3.63, 3.8) is 0 Å². The number of ether oxygens (including phenoxy) is 1. The first-order chi connectivity index (χ1) is 9.03. The van der Waals surface area contributed by atoms with Crippen LogP contribution in [0.3, 0.4) is 0 Å². The number of alkyl carbamates (subject to hydrolysis) is 1. The van der Waals surface area contributed by atoms with E-state index in [0.29, 0.717) is 6.54 Å². The van der Waals surface area contributed by atoms with Gasteiger partial charge in [0, 0.05) is 13.2 Å². The Morgan fingerprint density at radius 3 is 2.63 bits per heavy atom. The molecular formula is C15H23NO3. The summed E-state index contributed by atoms with van der Waals surface area (Å²) in [5.74, 6) is 0. The molecule has 0 radical (unpaired) electrons. The minimum Gasteiger partial charge on any atom is -0.445 e. The number of amides is 1. The van der Waals surface area contributed by atoms with Gasteiger partial charge in [-0.15, -0.1) is 0 Å². The monoisotopic (exact) mass is 265 g/mol. The Kier molecular flexibility index (Phi) is 6.36. The number of carbonyl (C=O) groups excluding carboxylic acids is 1. The van der Waals surface area contributed by atoms with Gasteiger partial charge in [0.2, 0.25) is 0 Å². The molecule has 0 fully saturated rings. The van der Waals surface area contributed by atoms with Gasteiger partial charge in [-0.05, 0) is 23.8 Å². The fraction of sp³-hybridized carbons (Fsp3) is 0.533. The third kappa shape index (κ3) is 6.82. The van der Waals surface area contributed by atoms with Crippen molar-refractivity contribution in [3.05, 3.63) is 35.9 Å². The zero-order valence-corrected chi connectivity index (χ0v) is 11.7. The number of hydrogen-bond acceptors (Lipinski definition) is 3. The average Bonchev–Trinajstić information content (AvgIpc) is 2.42. The van der Waals surface area contributed by atoms with E-state index in [-0.39, 0.29) is 18.6 Å². The first-order valence-electron chi connectivity index (χ1n) is 6.59. The molecule has 0 atom stereocenters. The normalized spacial score (nSPS) is 11.1. The van der Waals surface area contributed by atoms with Crippen LogP contribution >= 0.6 is 0 Å². The quantitative estimate of drug-likeness (QED) is 0.745. The molecule has 0 bridgehead atoms. The number of rotatable bonds is 7. The standard InChI is InChI=1S/C15H23NO3/c1-15(2,12-17)9-6-10-16-14(18)19-11-13-7-4-3-5-8-13/h3-5,7-8,17H,6,9-12H2,1-2H3,(H,16,18).